The van der Waals surface area contributed by atoms with Gasteiger partial charge in [0.2, 0.25) is 0 Å². The number of carbonyl (C=O) groups is 2. The van der Waals surface area contributed by atoms with Crippen LogP contribution in [0.3, 0.4) is 0 Å². The quantitative estimate of drug-likeness (QED) is 0.723. The Balaban J connectivity index is 4.12. The molecule has 0 aliphatic rings. The topological polar surface area (TPSA) is 70.1 Å². The van der Waals surface area contributed by atoms with Gasteiger partial charge in [0, 0.05) is 20.1 Å². The van der Waals surface area contributed by atoms with Crippen molar-refractivity contribution in [3.8, 4) is 0 Å². The van der Waals surface area contributed by atoms with E-state index in [0.29, 0.717) is 19.7 Å². The van der Waals surface area contributed by atoms with E-state index in [1.165, 1.54) is 9.80 Å². The van der Waals surface area contributed by atoms with Crippen LogP contribution in [0, 0.1) is 0 Å². The van der Waals surface area contributed by atoms with Gasteiger partial charge in [-0.05, 0) is 20.8 Å². The molecule has 2 amide bonds. The van der Waals surface area contributed by atoms with Gasteiger partial charge in [-0.3, -0.25) is 4.79 Å². The van der Waals surface area contributed by atoms with Gasteiger partial charge in [-0.2, -0.15) is 0 Å². The molecule has 0 heterocycles. The number of hydrogen-bond donors (Lipinski definition) is 1. The number of nitrogens with zero attached hydrogens (tertiary/aromatic N) is 2. The predicted molar refractivity (Wildman–Crippen MR) is 64.0 cm³/mol. The first-order valence-corrected chi connectivity index (χ1v) is 5.71. The summed E-state index contributed by atoms with van der Waals surface area (Å²) in [6.07, 6.45) is 0.125. The molecule has 0 rings (SSSR count). The summed E-state index contributed by atoms with van der Waals surface area (Å²) in [5, 5.41) is 8.66. The van der Waals surface area contributed by atoms with Gasteiger partial charge in [0.25, 0.3) is 0 Å². The van der Waals surface area contributed by atoms with E-state index < -0.39 is 5.97 Å². The van der Waals surface area contributed by atoms with Gasteiger partial charge in [0.05, 0.1) is 12.7 Å². The van der Waals surface area contributed by atoms with Crippen molar-refractivity contribution in [1.29, 1.82) is 0 Å². The van der Waals surface area contributed by atoms with Crippen LogP contribution in [-0.2, 0) is 9.53 Å². The van der Waals surface area contributed by atoms with Crippen molar-refractivity contribution in [3.05, 3.63) is 0 Å². The Morgan fingerprint density at radius 3 is 2.35 bits per heavy atom. The van der Waals surface area contributed by atoms with Gasteiger partial charge in [-0.15, -0.1) is 0 Å². The summed E-state index contributed by atoms with van der Waals surface area (Å²) in [6, 6.07) is -0.290. The number of rotatable bonds is 7. The monoisotopic (exact) mass is 246 g/mol. The van der Waals surface area contributed by atoms with Crippen molar-refractivity contribution >= 4 is 12.0 Å². The summed E-state index contributed by atoms with van der Waals surface area (Å²) in [5.74, 6) is -1.01. The van der Waals surface area contributed by atoms with Crippen molar-refractivity contribution in [3.63, 3.8) is 0 Å². The lowest BCUT2D eigenvalue weighted by atomic mass is 10.4. The first kappa shape index (κ1) is 15.7. The van der Waals surface area contributed by atoms with Crippen LogP contribution >= 0.6 is 0 Å². The molecule has 0 spiro atoms. The number of amides is 2. The Labute approximate surface area is 102 Å². The van der Waals surface area contributed by atoms with Gasteiger partial charge >= 0.3 is 12.0 Å². The number of carbonyl (C=O) groups excluding carboxylic acids is 1. The molecule has 0 fully saturated rings. The molecule has 0 radical (unpaired) electrons. The SMILES string of the molecule is CCN(CC(=O)O)C(=O)N(C)CCOC(C)C. The molecule has 0 saturated heterocycles. The van der Waals surface area contributed by atoms with Gasteiger partial charge in [0.1, 0.15) is 6.54 Å². The molecule has 0 aromatic heterocycles. The third kappa shape index (κ3) is 6.78. The lowest BCUT2D eigenvalue weighted by Crippen LogP contribution is -2.44. The lowest BCUT2D eigenvalue weighted by molar-refractivity contribution is -0.137. The molecule has 0 unspecified atom stereocenters. The Hall–Kier alpha value is -1.30. The van der Waals surface area contributed by atoms with E-state index in [2.05, 4.69) is 0 Å². The van der Waals surface area contributed by atoms with E-state index in [0.717, 1.165) is 0 Å². The second-order valence-corrected chi connectivity index (χ2v) is 4.03. The molecule has 0 aliphatic carbocycles. The maximum atomic E-state index is 11.8. The van der Waals surface area contributed by atoms with E-state index in [-0.39, 0.29) is 18.7 Å². The van der Waals surface area contributed by atoms with E-state index in [1.807, 2.05) is 13.8 Å². The average Bonchev–Trinajstić information content (AvgIpc) is 2.23. The highest BCUT2D eigenvalue weighted by Crippen LogP contribution is 1.97. The van der Waals surface area contributed by atoms with Gasteiger partial charge in [0.15, 0.2) is 0 Å². The zero-order chi connectivity index (χ0) is 13.4. The van der Waals surface area contributed by atoms with Crippen molar-refractivity contribution in [2.24, 2.45) is 0 Å². The molecular weight excluding hydrogens is 224 g/mol. The Morgan fingerprint density at radius 2 is 1.94 bits per heavy atom. The second kappa shape index (κ2) is 7.89. The molecule has 1 N–H and O–H groups in total. The highest BCUT2D eigenvalue weighted by Gasteiger charge is 2.18. The van der Waals surface area contributed by atoms with Crippen LogP contribution < -0.4 is 0 Å². The third-order valence-corrected chi connectivity index (χ3v) is 2.18. The fraction of sp³-hybridized carbons (Fsp3) is 0.818. The molecular formula is C11H22N2O4. The number of hydrogen-bond acceptors (Lipinski definition) is 3. The molecule has 0 aromatic carbocycles. The minimum absolute atomic E-state index is 0.125. The molecule has 6 heteroatoms. The Bertz CT molecular complexity index is 256. The van der Waals surface area contributed by atoms with Gasteiger partial charge in [-0.25, -0.2) is 4.79 Å². The Morgan fingerprint density at radius 1 is 1.35 bits per heavy atom. The third-order valence-electron chi connectivity index (χ3n) is 2.18. The molecule has 0 bridgehead atoms. The lowest BCUT2D eigenvalue weighted by Gasteiger charge is -2.26. The standard InChI is InChI=1S/C11H22N2O4/c1-5-13(8-10(14)15)11(16)12(4)6-7-17-9(2)3/h9H,5-8H2,1-4H3,(H,14,15). The van der Waals surface area contributed by atoms with Gasteiger partial charge in [-0.1, -0.05) is 0 Å². The minimum Gasteiger partial charge on any atom is -0.480 e. The molecule has 0 aliphatic heterocycles. The van der Waals surface area contributed by atoms with Crippen LogP contribution in [0.15, 0.2) is 0 Å². The van der Waals surface area contributed by atoms with Crippen LogP contribution in [0.5, 0.6) is 0 Å². The maximum absolute atomic E-state index is 11.8. The summed E-state index contributed by atoms with van der Waals surface area (Å²) < 4.78 is 5.33. The predicted octanol–water partition coefficient (Wildman–Crippen LogP) is 0.870. The van der Waals surface area contributed by atoms with E-state index in [9.17, 15) is 9.59 Å². The first-order valence-electron chi connectivity index (χ1n) is 5.71. The fourth-order valence-corrected chi connectivity index (χ4v) is 1.24. The van der Waals surface area contributed by atoms with Crippen molar-refractivity contribution in [2.75, 3.05) is 33.3 Å². The second-order valence-electron chi connectivity index (χ2n) is 4.03. The van der Waals surface area contributed by atoms with E-state index in [1.54, 1.807) is 14.0 Å². The smallest absolute Gasteiger partial charge is 0.323 e. The number of carboxylic acid groups (broad SMARTS) is 1. The minimum atomic E-state index is -1.01. The summed E-state index contributed by atoms with van der Waals surface area (Å²) >= 11 is 0. The van der Waals surface area contributed by atoms with Crippen LogP contribution in [0.2, 0.25) is 0 Å². The molecule has 0 aromatic rings. The highest BCUT2D eigenvalue weighted by molar-refractivity contribution is 5.79. The van der Waals surface area contributed by atoms with Crippen molar-refractivity contribution in [1.82, 2.24) is 9.80 Å². The average molecular weight is 246 g/mol. The van der Waals surface area contributed by atoms with Crippen LogP contribution in [0.25, 0.3) is 0 Å². The number of likely N-dealkylation sites (N-methyl/N-ethyl adjacent to an activating group) is 2. The summed E-state index contributed by atoms with van der Waals surface area (Å²) in [4.78, 5) is 25.1. The molecule has 0 atom stereocenters. The summed E-state index contributed by atoms with van der Waals surface area (Å²) in [7, 11) is 1.64. The zero-order valence-electron chi connectivity index (χ0n) is 11.0. The number of ether oxygens (including phenoxy) is 1. The fourth-order valence-electron chi connectivity index (χ4n) is 1.24. The van der Waals surface area contributed by atoms with Crippen LogP contribution in [0.1, 0.15) is 20.8 Å². The highest BCUT2D eigenvalue weighted by atomic mass is 16.5. The Kier molecular flexibility index (Phi) is 7.29. The van der Waals surface area contributed by atoms with Gasteiger partial charge < -0.3 is 19.6 Å². The van der Waals surface area contributed by atoms with E-state index >= 15 is 0 Å². The normalized spacial score (nSPS) is 10.4. The van der Waals surface area contributed by atoms with Crippen LogP contribution in [-0.4, -0.2) is 66.3 Å². The molecule has 17 heavy (non-hydrogen) atoms. The largest absolute Gasteiger partial charge is 0.480 e. The molecule has 100 valence electrons. The summed E-state index contributed by atoms with van der Waals surface area (Å²) in [5.41, 5.74) is 0. The van der Waals surface area contributed by atoms with Crippen molar-refractivity contribution in [2.45, 2.75) is 26.9 Å². The maximum Gasteiger partial charge on any atom is 0.323 e. The zero-order valence-corrected chi connectivity index (χ0v) is 11.0. The van der Waals surface area contributed by atoms with Crippen molar-refractivity contribution < 1.29 is 19.4 Å². The van der Waals surface area contributed by atoms with E-state index in [4.69, 9.17) is 9.84 Å². The van der Waals surface area contributed by atoms with Crippen LogP contribution in [0.4, 0.5) is 4.79 Å². The summed E-state index contributed by atoms with van der Waals surface area (Å²) in [6.45, 7) is 6.59. The first-order chi connectivity index (χ1) is 7.88. The number of aliphatic carboxylic acids is 1. The molecule has 0 saturated carbocycles. The number of carboxylic acids is 1. The number of urea groups is 1. The molecule has 6 nitrogen and oxygen atoms in total.